The molecule has 2 unspecified atom stereocenters. The summed E-state index contributed by atoms with van der Waals surface area (Å²) in [6.45, 7) is 4.72. The van der Waals surface area contributed by atoms with Gasteiger partial charge in [-0.3, -0.25) is 4.79 Å². The van der Waals surface area contributed by atoms with Crippen LogP contribution in [0, 0.1) is 12.8 Å². The highest BCUT2D eigenvalue weighted by atomic mass is 79.9. The molecule has 0 bridgehead atoms. The number of benzene rings is 1. The molecule has 1 aromatic carbocycles. The molecule has 1 heterocycles. The molecule has 0 aromatic heterocycles. The van der Waals surface area contributed by atoms with E-state index in [1.54, 1.807) is 0 Å². The first-order valence-corrected chi connectivity index (χ1v) is 6.56. The zero-order chi connectivity index (χ0) is 12.4. The van der Waals surface area contributed by atoms with Gasteiger partial charge in [-0.15, -0.1) is 0 Å². The molecule has 1 saturated heterocycles. The van der Waals surface area contributed by atoms with Crippen molar-refractivity contribution >= 4 is 27.5 Å². The van der Waals surface area contributed by atoms with E-state index < -0.39 is 0 Å². The van der Waals surface area contributed by atoms with Crippen molar-refractivity contribution in [1.29, 1.82) is 0 Å². The maximum Gasteiger partial charge on any atom is 0.253 e. The fourth-order valence-corrected chi connectivity index (χ4v) is 2.32. The Balaban J connectivity index is 2.10. The average molecular weight is 298 g/mol. The lowest BCUT2D eigenvalue weighted by Crippen LogP contribution is -2.31. The number of carbonyl (C=O) groups excluding carboxylic acids is 1. The van der Waals surface area contributed by atoms with Gasteiger partial charge >= 0.3 is 0 Å². The number of anilines is 1. The molecule has 0 saturated carbocycles. The molecule has 2 atom stereocenters. The molecule has 1 aromatic rings. The van der Waals surface area contributed by atoms with E-state index in [-0.39, 0.29) is 12.0 Å². The SMILES string of the molecule is Cc1ccc(Br)c(NC(=O)C2OCCC2C)c1. The van der Waals surface area contributed by atoms with Crippen molar-refractivity contribution in [3.63, 3.8) is 0 Å². The number of hydrogen-bond donors (Lipinski definition) is 1. The number of nitrogens with one attached hydrogen (secondary N) is 1. The van der Waals surface area contributed by atoms with Crippen molar-refractivity contribution in [2.75, 3.05) is 11.9 Å². The summed E-state index contributed by atoms with van der Waals surface area (Å²) < 4.78 is 6.33. The Labute approximate surface area is 110 Å². The van der Waals surface area contributed by atoms with Crippen LogP contribution < -0.4 is 5.32 Å². The Morgan fingerprint density at radius 2 is 2.29 bits per heavy atom. The van der Waals surface area contributed by atoms with Gasteiger partial charge in [0.05, 0.1) is 5.69 Å². The minimum Gasteiger partial charge on any atom is -0.368 e. The van der Waals surface area contributed by atoms with Gasteiger partial charge in [0.1, 0.15) is 6.10 Å². The Kier molecular flexibility index (Phi) is 3.84. The predicted octanol–water partition coefficient (Wildman–Crippen LogP) is 3.12. The van der Waals surface area contributed by atoms with Gasteiger partial charge < -0.3 is 10.1 Å². The summed E-state index contributed by atoms with van der Waals surface area (Å²) in [7, 11) is 0. The second kappa shape index (κ2) is 5.19. The maximum atomic E-state index is 12.0. The van der Waals surface area contributed by atoms with Crippen molar-refractivity contribution in [1.82, 2.24) is 0 Å². The van der Waals surface area contributed by atoms with E-state index >= 15 is 0 Å². The highest BCUT2D eigenvalue weighted by Gasteiger charge is 2.31. The minimum absolute atomic E-state index is 0.0544. The van der Waals surface area contributed by atoms with Crippen LogP contribution in [0.4, 0.5) is 5.69 Å². The van der Waals surface area contributed by atoms with Gasteiger partial charge in [-0.1, -0.05) is 13.0 Å². The zero-order valence-corrected chi connectivity index (χ0v) is 11.6. The number of aryl methyl sites for hydroxylation is 1. The standard InChI is InChI=1S/C13H16BrNO2/c1-8-3-4-10(14)11(7-8)15-13(16)12-9(2)5-6-17-12/h3-4,7,9,12H,5-6H2,1-2H3,(H,15,16). The number of hydrogen-bond acceptors (Lipinski definition) is 2. The number of rotatable bonds is 2. The first kappa shape index (κ1) is 12.6. The Hall–Kier alpha value is -0.870. The first-order chi connectivity index (χ1) is 8.08. The smallest absolute Gasteiger partial charge is 0.253 e. The maximum absolute atomic E-state index is 12.0. The van der Waals surface area contributed by atoms with Crippen LogP contribution in [-0.2, 0) is 9.53 Å². The first-order valence-electron chi connectivity index (χ1n) is 5.76. The molecule has 17 heavy (non-hydrogen) atoms. The minimum atomic E-state index is -0.317. The molecule has 0 spiro atoms. The summed E-state index contributed by atoms with van der Waals surface area (Å²) in [5, 5.41) is 2.91. The fourth-order valence-electron chi connectivity index (χ4n) is 1.97. The van der Waals surface area contributed by atoms with E-state index in [1.807, 2.05) is 32.0 Å². The second-order valence-electron chi connectivity index (χ2n) is 4.53. The van der Waals surface area contributed by atoms with E-state index in [0.717, 1.165) is 22.1 Å². The van der Waals surface area contributed by atoms with Crippen molar-refractivity contribution < 1.29 is 9.53 Å². The second-order valence-corrected chi connectivity index (χ2v) is 5.38. The van der Waals surface area contributed by atoms with Crippen LogP contribution in [0.5, 0.6) is 0 Å². The summed E-state index contributed by atoms with van der Waals surface area (Å²) in [6, 6.07) is 5.87. The van der Waals surface area contributed by atoms with E-state index in [4.69, 9.17) is 4.74 Å². The highest BCUT2D eigenvalue weighted by molar-refractivity contribution is 9.10. The normalized spacial score (nSPS) is 23.7. The molecule has 1 aliphatic rings. The summed E-state index contributed by atoms with van der Waals surface area (Å²) in [4.78, 5) is 12.0. The van der Waals surface area contributed by atoms with Gasteiger partial charge in [-0.2, -0.15) is 0 Å². The van der Waals surface area contributed by atoms with E-state index in [1.165, 1.54) is 0 Å². The predicted molar refractivity (Wildman–Crippen MR) is 71.0 cm³/mol. The summed E-state index contributed by atoms with van der Waals surface area (Å²) in [6.07, 6.45) is 0.634. The monoisotopic (exact) mass is 297 g/mol. The van der Waals surface area contributed by atoms with Crippen LogP contribution in [0.25, 0.3) is 0 Å². The van der Waals surface area contributed by atoms with Gasteiger partial charge in [-0.05, 0) is 52.9 Å². The number of halogens is 1. The van der Waals surface area contributed by atoms with Crippen molar-refractivity contribution in [2.45, 2.75) is 26.4 Å². The van der Waals surface area contributed by atoms with Crippen LogP contribution in [0.3, 0.4) is 0 Å². The molecule has 1 N–H and O–H groups in total. The number of carbonyl (C=O) groups is 1. The molecule has 0 aliphatic carbocycles. The molecule has 92 valence electrons. The summed E-state index contributed by atoms with van der Waals surface area (Å²) >= 11 is 3.43. The molecule has 0 radical (unpaired) electrons. The molecular weight excluding hydrogens is 282 g/mol. The lowest BCUT2D eigenvalue weighted by Gasteiger charge is -2.15. The average Bonchev–Trinajstić information content (AvgIpc) is 2.70. The van der Waals surface area contributed by atoms with Crippen molar-refractivity contribution in [2.24, 2.45) is 5.92 Å². The van der Waals surface area contributed by atoms with Crippen LogP contribution in [0.2, 0.25) is 0 Å². The number of ether oxygens (including phenoxy) is 1. The third-order valence-corrected chi connectivity index (χ3v) is 3.72. The lowest BCUT2D eigenvalue weighted by molar-refractivity contribution is -0.126. The third kappa shape index (κ3) is 2.87. The topological polar surface area (TPSA) is 38.3 Å². The fraction of sp³-hybridized carbons (Fsp3) is 0.462. The molecule has 2 rings (SSSR count). The third-order valence-electron chi connectivity index (χ3n) is 3.03. The van der Waals surface area contributed by atoms with Crippen LogP contribution in [0.1, 0.15) is 18.9 Å². The Morgan fingerprint density at radius 3 is 2.94 bits per heavy atom. The van der Waals surface area contributed by atoms with E-state index in [0.29, 0.717) is 12.5 Å². The Bertz CT molecular complexity index is 433. The summed E-state index contributed by atoms with van der Waals surface area (Å²) in [5.41, 5.74) is 1.92. The van der Waals surface area contributed by atoms with Gasteiger partial charge in [-0.25, -0.2) is 0 Å². The number of amides is 1. The summed E-state index contributed by atoms with van der Waals surface area (Å²) in [5.74, 6) is 0.236. The molecule has 1 fully saturated rings. The van der Waals surface area contributed by atoms with E-state index in [2.05, 4.69) is 21.2 Å². The largest absolute Gasteiger partial charge is 0.368 e. The van der Waals surface area contributed by atoms with Crippen LogP contribution in [-0.4, -0.2) is 18.6 Å². The van der Waals surface area contributed by atoms with Crippen LogP contribution >= 0.6 is 15.9 Å². The lowest BCUT2D eigenvalue weighted by atomic mass is 10.0. The van der Waals surface area contributed by atoms with E-state index in [9.17, 15) is 4.79 Å². The molecule has 1 aliphatic heterocycles. The van der Waals surface area contributed by atoms with Crippen LogP contribution in [0.15, 0.2) is 22.7 Å². The molecule has 4 heteroatoms. The quantitative estimate of drug-likeness (QED) is 0.911. The van der Waals surface area contributed by atoms with Gasteiger partial charge in [0.15, 0.2) is 0 Å². The molecular formula is C13H16BrNO2. The molecule has 3 nitrogen and oxygen atoms in total. The van der Waals surface area contributed by atoms with Gasteiger partial charge in [0, 0.05) is 11.1 Å². The zero-order valence-electron chi connectivity index (χ0n) is 10.00. The van der Waals surface area contributed by atoms with Crippen molar-refractivity contribution in [3.05, 3.63) is 28.2 Å². The molecule has 1 amide bonds. The van der Waals surface area contributed by atoms with Gasteiger partial charge in [0.25, 0.3) is 5.91 Å². The highest BCUT2D eigenvalue weighted by Crippen LogP contribution is 2.26. The van der Waals surface area contributed by atoms with Crippen molar-refractivity contribution in [3.8, 4) is 0 Å². The van der Waals surface area contributed by atoms with Gasteiger partial charge in [0.2, 0.25) is 0 Å². The Morgan fingerprint density at radius 1 is 1.53 bits per heavy atom.